The number of carbonyl (C=O) groups excluding carboxylic acids is 1. The zero-order valence-electron chi connectivity index (χ0n) is 9.54. The van der Waals surface area contributed by atoms with E-state index in [9.17, 15) is 14.9 Å². The minimum absolute atomic E-state index is 0.0769. The quantitative estimate of drug-likeness (QED) is 0.458. The Labute approximate surface area is 99.8 Å². The minimum Gasteiger partial charge on any atom is -0.294 e. The Morgan fingerprint density at radius 2 is 1.82 bits per heavy atom. The molecule has 0 saturated heterocycles. The van der Waals surface area contributed by atoms with E-state index in [1.54, 1.807) is 24.3 Å². The van der Waals surface area contributed by atoms with Gasteiger partial charge in [0, 0.05) is 16.9 Å². The zero-order valence-corrected chi connectivity index (χ0v) is 9.54. The smallest absolute Gasteiger partial charge is 0.223 e. The van der Waals surface area contributed by atoms with Gasteiger partial charge in [0.15, 0.2) is 5.78 Å². The third-order valence-electron chi connectivity index (χ3n) is 3.40. The molecular weight excluding hydrogens is 218 g/mol. The van der Waals surface area contributed by atoms with Crippen molar-refractivity contribution >= 4 is 5.78 Å². The van der Waals surface area contributed by atoms with Crippen LogP contribution in [-0.2, 0) is 0 Å². The first-order valence-electron chi connectivity index (χ1n) is 5.93. The number of hydrogen-bond acceptors (Lipinski definition) is 3. The van der Waals surface area contributed by atoms with Crippen LogP contribution in [0.1, 0.15) is 36.0 Å². The highest BCUT2D eigenvalue weighted by molar-refractivity contribution is 5.98. The van der Waals surface area contributed by atoms with E-state index in [4.69, 9.17) is 0 Å². The van der Waals surface area contributed by atoms with Gasteiger partial charge in [0.2, 0.25) is 6.04 Å². The Hall–Kier alpha value is -1.71. The summed E-state index contributed by atoms with van der Waals surface area (Å²) >= 11 is 0. The highest BCUT2D eigenvalue weighted by atomic mass is 16.6. The SMILES string of the molecule is O=C(c1ccccc1)C1CCCCC1[N+](=O)[O-]. The van der Waals surface area contributed by atoms with Gasteiger partial charge in [0.25, 0.3) is 0 Å². The molecule has 1 aromatic carbocycles. The molecule has 0 N–H and O–H groups in total. The fourth-order valence-corrected chi connectivity index (χ4v) is 2.49. The van der Waals surface area contributed by atoms with Crippen molar-refractivity contribution in [3.63, 3.8) is 0 Å². The molecule has 1 aliphatic rings. The first-order valence-corrected chi connectivity index (χ1v) is 5.93. The standard InChI is InChI=1S/C13H15NO3/c15-13(10-6-2-1-3-7-10)11-8-4-5-9-12(11)14(16)17/h1-3,6-7,11-12H,4-5,8-9H2. The number of rotatable bonds is 3. The van der Waals surface area contributed by atoms with Crippen LogP contribution in [0.25, 0.3) is 0 Å². The van der Waals surface area contributed by atoms with E-state index in [1.807, 2.05) is 6.07 Å². The van der Waals surface area contributed by atoms with Crippen LogP contribution < -0.4 is 0 Å². The second-order valence-electron chi connectivity index (χ2n) is 4.47. The van der Waals surface area contributed by atoms with E-state index >= 15 is 0 Å². The topological polar surface area (TPSA) is 60.2 Å². The number of nitrogens with zero attached hydrogens (tertiary/aromatic N) is 1. The Morgan fingerprint density at radius 1 is 1.18 bits per heavy atom. The molecule has 0 heterocycles. The van der Waals surface area contributed by atoms with Crippen molar-refractivity contribution in [2.24, 2.45) is 5.92 Å². The highest BCUT2D eigenvalue weighted by Crippen LogP contribution is 2.29. The second kappa shape index (κ2) is 5.08. The lowest BCUT2D eigenvalue weighted by Gasteiger charge is -2.24. The average Bonchev–Trinajstić information content (AvgIpc) is 2.39. The maximum Gasteiger partial charge on any atom is 0.223 e. The Morgan fingerprint density at radius 3 is 2.47 bits per heavy atom. The van der Waals surface area contributed by atoms with Crippen molar-refractivity contribution in [1.29, 1.82) is 0 Å². The summed E-state index contributed by atoms with van der Waals surface area (Å²) in [5.74, 6) is -0.520. The first-order chi connectivity index (χ1) is 8.20. The molecule has 4 heteroatoms. The van der Waals surface area contributed by atoms with Crippen LogP contribution in [0.2, 0.25) is 0 Å². The summed E-state index contributed by atoms with van der Waals surface area (Å²) in [4.78, 5) is 22.9. The van der Waals surface area contributed by atoms with Gasteiger partial charge in [-0.3, -0.25) is 14.9 Å². The van der Waals surface area contributed by atoms with E-state index in [0.717, 1.165) is 12.8 Å². The van der Waals surface area contributed by atoms with Gasteiger partial charge in [-0.2, -0.15) is 0 Å². The minimum atomic E-state index is -0.698. The van der Waals surface area contributed by atoms with Crippen LogP contribution in [0.4, 0.5) is 0 Å². The number of nitro groups is 1. The first kappa shape index (κ1) is 11.8. The third-order valence-corrected chi connectivity index (χ3v) is 3.40. The highest BCUT2D eigenvalue weighted by Gasteiger charge is 2.38. The fraction of sp³-hybridized carbons (Fsp3) is 0.462. The van der Waals surface area contributed by atoms with Crippen LogP contribution in [0.5, 0.6) is 0 Å². The van der Waals surface area contributed by atoms with Gasteiger partial charge in [-0.05, 0) is 12.8 Å². The van der Waals surface area contributed by atoms with Crippen LogP contribution in [0, 0.1) is 16.0 Å². The van der Waals surface area contributed by atoms with Gasteiger partial charge >= 0.3 is 0 Å². The predicted octanol–water partition coefficient (Wildman–Crippen LogP) is 2.70. The summed E-state index contributed by atoms with van der Waals surface area (Å²) < 4.78 is 0. The lowest BCUT2D eigenvalue weighted by molar-refractivity contribution is -0.532. The molecule has 2 unspecified atom stereocenters. The Kier molecular flexibility index (Phi) is 3.52. The summed E-state index contributed by atoms with van der Waals surface area (Å²) in [5, 5.41) is 11.0. The van der Waals surface area contributed by atoms with Gasteiger partial charge in [-0.25, -0.2) is 0 Å². The molecule has 0 bridgehead atoms. The average molecular weight is 233 g/mol. The largest absolute Gasteiger partial charge is 0.294 e. The molecule has 2 rings (SSSR count). The summed E-state index contributed by atoms with van der Waals surface area (Å²) in [6.07, 6.45) is 2.92. The summed E-state index contributed by atoms with van der Waals surface area (Å²) in [6.45, 7) is 0. The predicted molar refractivity (Wildman–Crippen MR) is 63.5 cm³/mol. The molecule has 17 heavy (non-hydrogen) atoms. The van der Waals surface area contributed by atoms with Crippen LogP contribution in [0.3, 0.4) is 0 Å². The van der Waals surface area contributed by atoms with Crippen molar-refractivity contribution in [1.82, 2.24) is 0 Å². The summed E-state index contributed by atoms with van der Waals surface area (Å²) in [5.41, 5.74) is 0.589. The summed E-state index contributed by atoms with van der Waals surface area (Å²) in [6, 6.07) is 8.18. The molecule has 1 aliphatic carbocycles. The van der Waals surface area contributed by atoms with Crippen molar-refractivity contribution in [3.05, 3.63) is 46.0 Å². The normalized spacial score (nSPS) is 24.2. The lowest BCUT2D eigenvalue weighted by atomic mass is 9.80. The third kappa shape index (κ3) is 2.52. The molecule has 90 valence electrons. The van der Waals surface area contributed by atoms with Crippen molar-refractivity contribution < 1.29 is 9.72 Å². The molecule has 0 aliphatic heterocycles. The molecule has 0 spiro atoms. The molecule has 2 atom stereocenters. The van der Waals surface area contributed by atoms with Crippen molar-refractivity contribution in [2.45, 2.75) is 31.7 Å². The zero-order chi connectivity index (χ0) is 12.3. The number of Topliss-reactive ketones (excluding diaryl/α,β-unsaturated/α-hetero) is 1. The van der Waals surface area contributed by atoms with Crippen LogP contribution in [0.15, 0.2) is 30.3 Å². The van der Waals surface area contributed by atoms with E-state index in [2.05, 4.69) is 0 Å². The Bertz CT molecular complexity index is 416. The van der Waals surface area contributed by atoms with E-state index in [0.29, 0.717) is 18.4 Å². The molecule has 1 fully saturated rings. The fourth-order valence-electron chi connectivity index (χ4n) is 2.49. The molecule has 0 aromatic heterocycles. The lowest BCUT2D eigenvalue weighted by Crippen LogP contribution is -2.37. The maximum atomic E-state index is 12.2. The van der Waals surface area contributed by atoms with Gasteiger partial charge in [0.05, 0.1) is 5.92 Å². The van der Waals surface area contributed by atoms with E-state index < -0.39 is 12.0 Å². The Balaban J connectivity index is 2.20. The molecule has 1 saturated carbocycles. The van der Waals surface area contributed by atoms with Gasteiger partial charge in [0.1, 0.15) is 0 Å². The molecule has 0 amide bonds. The number of carbonyl (C=O) groups is 1. The van der Waals surface area contributed by atoms with Crippen molar-refractivity contribution in [2.75, 3.05) is 0 Å². The van der Waals surface area contributed by atoms with E-state index in [-0.39, 0.29) is 10.7 Å². The molecule has 0 radical (unpaired) electrons. The monoisotopic (exact) mass is 233 g/mol. The van der Waals surface area contributed by atoms with E-state index in [1.165, 1.54) is 0 Å². The number of benzene rings is 1. The van der Waals surface area contributed by atoms with Crippen molar-refractivity contribution in [3.8, 4) is 0 Å². The summed E-state index contributed by atoms with van der Waals surface area (Å²) in [7, 11) is 0. The van der Waals surface area contributed by atoms with Crippen LogP contribution in [-0.4, -0.2) is 16.7 Å². The second-order valence-corrected chi connectivity index (χ2v) is 4.47. The van der Waals surface area contributed by atoms with Gasteiger partial charge < -0.3 is 0 Å². The molecular formula is C13H15NO3. The molecule has 4 nitrogen and oxygen atoms in total. The molecule has 1 aromatic rings. The maximum absolute atomic E-state index is 12.2. The number of hydrogen-bond donors (Lipinski definition) is 0. The van der Waals surface area contributed by atoms with Crippen LogP contribution >= 0.6 is 0 Å². The van der Waals surface area contributed by atoms with Gasteiger partial charge in [-0.15, -0.1) is 0 Å². The number of ketones is 1. The van der Waals surface area contributed by atoms with Gasteiger partial charge in [-0.1, -0.05) is 36.8 Å².